The molecule has 1 aromatic rings. The monoisotopic (exact) mass is 362 g/mol. The third kappa shape index (κ3) is 3.64. The van der Waals surface area contributed by atoms with Gasteiger partial charge in [-0.2, -0.15) is 5.26 Å². The van der Waals surface area contributed by atoms with Crippen molar-refractivity contribution in [2.45, 2.75) is 12.3 Å². The molecule has 0 amide bonds. The summed E-state index contributed by atoms with van der Waals surface area (Å²) in [6.45, 7) is 0. The molecule has 2 rings (SSSR count). The maximum atomic E-state index is 12.4. The number of hydrogen-bond donors (Lipinski definition) is 1. The van der Waals surface area contributed by atoms with Gasteiger partial charge in [-0.1, -0.05) is 29.8 Å². The lowest BCUT2D eigenvalue weighted by atomic mass is 9.78. The predicted molar refractivity (Wildman–Crippen MR) is 87.8 cm³/mol. The summed E-state index contributed by atoms with van der Waals surface area (Å²) >= 11 is 6.23. The van der Waals surface area contributed by atoms with Crippen molar-refractivity contribution in [3.05, 3.63) is 46.2 Å². The molecule has 1 aliphatic rings. The summed E-state index contributed by atoms with van der Waals surface area (Å²) in [5.41, 5.74) is 0.440. The van der Waals surface area contributed by atoms with Gasteiger partial charge in [0, 0.05) is 10.9 Å². The Bertz CT molecular complexity index is 796. The number of ether oxygens (including phenoxy) is 3. The van der Waals surface area contributed by atoms with E-state index in [0.717, 1.165) is 0 Å². The zero-order valence-corrected chi connectivity index (χ0v) is 14.3. The molecule has 0 radical (unpaired) electrons. The van der Waals surface area contributed by atoms with Crippen LogP contribution in [0, 0.1) is 22.7 Å². The van der Waals surface area contributed by atoms with Crippen LogP contribution in [0.1, 0.15) is 17.9 Å². The lowest BCUT2D eigenvalue weighted by Crippen LogP contribution is -2.34. The van der Waals surface area contributed by atoms with E-state index in [1.807, 2.05) is 6.07 Å². The van der Waals surface area contributed by atoms with Gasteiger partial charge in [-0.3, -0.25) is 10.2 Å². The van der Waals surface area contributed by atoms with Gasteiger partial charge < -0.3 is 14.2 Å². The molecule has 0 aliphatic carbocycles. The third-order valence-electron chi connectivity index (χ3n) is 3.78. The van der Waals surface area contributed by atoms with Crippen LogP contribution in [-0.2, 0) is 23.8 Å². The number of nitrogens with zero attached hydrogens (tertiary/aromatic N) is 1. The zero-order chi connectivity index (χ0) is 18.6. The van der Waals surface area contributed by atoms with Crippen LogP contribution in [0.5, 0.6) is 0 Å². The number of carbonyl (C=O) groups is 2. The Morgan fingerprint density at radius 1 is 1.32 bits per heavy atom. The third-order valence-corrected chi connectivity index (χ3v) is 4.12. The van der Waals surface area contributed by atoms with E-state index in [9.17, 15) is 14.9 Å². The lowest BCUT2D eigenvalue weighted by molar-refractivity contribution is -0.140. The number of rotatable bonds is 4. The summed E-state index contributed by atoms with van der Waals surface area (Å²) < 4.78 is 14.7. The number of nitriles is 1. The van der Waals surface area contributed by atoms with E-state index in [4.69, 9.17) is 26.5 Å². The van der Waals surface area contributed by atoms with Crippen molar-refractivity contribution in [1.29, 1.82) is 10.7 Å². The van der Waals surface area contributed by atoms with E-state index in [1.165, 1.54) is 14.2 Å². The molecule has 0 fully saturated rings. The maximum absolute atomic E-state index is 12.4. The van der Waals surface area contributed by atoms with Crippen molar-refractivity contribution in [1.82, 2.24) is 0 Å². The minimum absolute atomic E-state index is 0.0245. The van der Waals surface area contributed by atoms with Gasteiger partial charge in [0.2, 0.25) is 5.90 Å². The van der Waals surface area contributed by atoms with Gasteiger partial charge in [0.25, 0.3) is 0 Å². The van der Waals surface area contributed by atoms with Crippen LogP contribution in [0.4, 0.5) is 0 Å². The summed E-state index contributed by atoms with van der Waals surface area (Å²) in [5, 5.41) is 17.8. The van der Waals surface area contributed by atoms with E-state index in [1.54, 1.807) is 24.3 Å². The van der Waals surface area contributed by atoms with E-state index >= 15 is 0 Å². The second-order valence-corrected chi connectivity index (χ2v) is 5.56. The molecule has 1 aromatic carbocycles. The lowest BCUT2D eigenvalue weighted by Gasteiger charge is -2.31. The first-order valence-corrected chi connectivity index (χ1v) is 7.60. The largest absolute Gasteiger partial charge is 0.469 e. The summed E-state index contributed by atoms with van der Waals surface area (Å²) in [5.74, 6) is -3.87. The Kier molecular flexibility index (Phi) is 5.78. The average Bonchev–Trinajstić information content (AvgIpc) is 2.61. The molecule has 2 unspecified atom stereocenters. The first kappa shape index (κ1) is 18.5. The van der Waals surface area contributed by atoms with E-state index in [-0.39, 0.29) is 23.7 Å². The number of benzene rings is 1. The van der Waals surface area contributed by atoms with Crippen LogP contribution in [0.2, 0.25) is 5.02 Å². The van der Waals surface area contributed by atoms with Gasteiger partial charge in [-0.25, -0.2) is 4.79 Å². The van der Waals surface area contributed by atoms with Crippen molar-refractivity contribution in [3.8, 4) is 6.07 Å². The van der Waals surface area contributed by atoms with Gasteiger partial charge >= 0.3 is 11.9 Å². The molecular formula is C17H15ClN2O5. The fourth-order valence-electron chi connectivity index (χ4n) is 2.62. The van der Waals surface area contributed by atoms with Crippen molar-refractivity contribution < 1.29 is 23.8 Å². The highest BCUT2D eigenvalue weighted by molar-refractivity contribution is 6.31. The zero-order valence-electron chi connectivity index (χ0n) is 13.5. The molecule has 1 N–H and O–H groups in total. The van der Waals surface area contributed by atoms with Crippen molar-refractivity contribution >= 4 is 29.4 Å². The van der Waals surface area contributed by atoms with Crippen LogP contribution in [0.3, 0.4) is 0 Å². The minimum atomic E-state index is -1.09. The Morgan fingerprint density at radius 2 is 2.00 bits per heavy atom. The Balaban J connectivity index is 2.71. The van der Waals surface area contributed by atoms with E-state index in [0.29, 0.717) is 10.6 Å². The fraction of sp³-hybridized carbons (Fsp3) is 0.294. The van der Waals surface area contributed by atoms with Crippen LogP contribution in [-0.4, -0.2) is 32.1 Å². The number of nitrogens with one attached hydrogen (secondary N) is 1. The molecule has 0 bridgehead atoms. The van der Waals surface area contributed by atoms with Crippen molar-refractivity contribution in [2.75, 3.05) is 14.2 Å². The SMILES string of the molecule is COC(=O)CC1=C(C(=O)OC)C(c2ccccc2Cl)C(C#N)C(=N)O1. The van der Waals surface area contributed by atoms with Crippen LogP contribution >= 0.6 is 11.6 Å². The highest BCUT2D eigenvalue weighted by Crippen LogP contribution is 2.42. The molecule has 8 heteroatoms. The Labute approximate surface area is 149 Å². The number of methoxy groups -OCH3 is 2. The molecule has 0 spiro atoms. The number of carbonyl (C=O) groups excluding carboxylic acids is 2. The maximum Gasteiger partial charge on any atom is 0.337 e. The van der Waals surface area contributed by atoms with Gasteiger partial charge in [0.15, 0.2) is 0 Å². The molecule has 0 saturated carbocycles. The molecule has 25 heavy (non-hydrogen) atoms. The second-order valence-electron chi connectivity index (χ2n) is 5.15. The molecule has 0 aromatic heterocycles. The molecule has 2 atom stereocenters. The fourth-order valence-corrected chi connectivity index (χ4v) is 2.88. The smallest absolute Gasteiger partial charge is 0.337 e. The quantitative estimate of drug-likeness (QED) is 0.824. The molecule has 1 heterocycles. The first-order chi connectivity index (χ1) is 11.9. The van der Waals surface area contributed by atoms with Gasteiger partial charge in [-0.15, -0.1) is 0 Å². The number of hydrogen-bond acceptors (Lipinski definition) is 7. The van der Waals surface area contributed by atoms with Crippen LogP contribution in [0.25, 0.3) is 0 Å². The number of esters is 2. The summed E-state index contributed by atoms with van der Waals surface area (Å²) in [7, 11) is 2.37. The van der Waals surface area contributed by atoms with Crippen LogP contribution < -0.4 is 0 Å². The highest BCUT2D eigenvalue weighted by atomic mass is 35.5. The highest BCUT2D eigenvalue weighted by Gasteiger charge is 2.43. The topological polar surface area (TPSA) is 109 Å². The predicted octanol–water partition coefficient (Wildman–Crippen LogP) is 2.56. The molecule has 7 nitrogen and oxygen atoms in total. The Hall–Kier alpha value is -2.85. The van der Waals surface area contributed by atoms with Gasteiger partial charge in [0.1, 0.15) is 18.1 Å². The van der Waals surface area contributed by atoms with Gasteiger partial charge in [0.05, 0.1) is 25.9 Å². The average molecular weight is 363 g/mol. The van der Waals surface area contributed by atoms with E-state index in [2.05, 4.69) is 4.74 Å². The summed E-state index contributed by atoms with van der Waals surface area (Å²) in [6, 6.07) is 8.62. The van der Waals surface area contributed by atoms with Gasteiger partial charge in [-0.05, 0) is 11.6 Å². The molecular weight excluding hydrogens is 348 g/mol. The summed E-state index contributed by atoms with van der Waals surface area (Å²) in [6.07, 6.45) is -0.373. The normalized spacial score (nSPS) is 19.7. The summed E-state index contributed by atoms with van der Waals surface area (Å²) in [4.78, 5) is 24.0. The molecule has 0 saturated heterocycles. The van der Waals surface area contributed by atoms with Crippen LogP contribution in [0.15, 0.2) is 35.6 Å². The molecule has 1 aliphatic heterocycles. The Morgan fingerprint density at radius 3 is 2.56 bits per heavy atom. The molecule has 130 valence electrons. The second kappa shape index (κ2) is 7.81. The standard InChI is InChI=1S/C17H15ClN2O5/c1-23-13(21)7-12-15(17(22)24-2)14(10(8-19)16(20)25-12)9-5-3-4-6-11(9)18/h3-6,10,14,20H,7H2,1-2H3. The first-order valence-electron chi connectivity index (χ1n) is 7.23. The van der Waals surface area contributed by atoms with Crippen molar-refractivity contribution in [3.63, 3.8) is 0 Å². The van der Waals surface area contributed by atoms with Crippen molar-refractivity contribution in [2.24, 2.45) is 5.92 Å². The minimum Gasteiger partial charge on any atom is -0.469 e. The van der Waals surface area contributed by atoms with E-state index < -0.39 is 23.8 Å². The number of halogens is 1.